The second-order valence-electron chi connectivity index (χ2n) is 5.82. The van der Waals surface area contributed by atoms with Gasteiger partial charge in [-0.15, -0.1) is 11.8 Å². The fourth-order valence-electron chi connectivity index (χ4n) is 2.89. The van der Waals surface area contributed by atoms with Crippen LogP contribution in [0.2, 0.25) is 0 Å². The van der Waals surface area contributed by atoms with E-state index in [-0.39, 0.29) is 11.9 Å². The molecule has 1 N–H and O–H groups in total. The highest BCUT2D eigenvalue weighted by Gasteiger charge is 2.25. The number of thioether (sulfide) groups is 1. The zero-order chi connectivity index (χ0) is 16.8. The average molecular weight is 409 g/mol. The monoisotopic (exact) mass is 408 g/mol. The van der Waals surface area contributed by atoms with E-state index in [1.807, 2.05) is 36.4 Å². The Labute approximate surface area is 155 Å². The Balaban J connectivity index is 1.50. The lowest BCUT2D eigenvalue weighted by molar-refractivity contribution is -0.118. The van der Waals surface area contributed by atoms with Crippen LogP contribution in [0.1, 0.15) is 24.6 Å². The van der Waals surface area contributed by atoms with Gasteiger partial charge in [-0.05, 0) is 62.3 Å². The molecule has 3 rings (SSSR count). The molecule has 1 aliphatic rings. The molecule has 128 valence electrons. The Morgan fingerprint density at radius 3 is 2.67 bits per heavy atom. The first-order valence-electron chi connectivity index (χ1n) is 8.15. The number of carbonyl (C=O) groups is 1. The van der Waals surface area contributed by atoms with Crippen LogP contribution in [0.25, 0.3) is 0 Å². The summed E-state index contributed by atoms with van der Waals surface area (Å²) < 4.78 is 6.62. The molecular formula is C18H21BrN2O2S. The highest BCUT2D eigenvalue weighted by molar-refractivity contribution is 9.10. The molecule has 4 nitrogen and oxygen atoms in total. The van der Waals surface area contributed by atoms with E-state index in [4.69, 9.17) is 4.42 Å². The summed E-state index contributed by atoms with van der Waals surface area (Å²) in [6.45, 7) is 2.72. The van der Waals surface area contributed by atoms with E-state index >= 15 is 0 Å². The number of amides is 1. The predicted molar refractivity (Wildman–Crippen MR) is 100 cm³/mol. The maximum atomic E-state index is 12.2. The number of rotatable bonds is 7. The summed E-state index contributed by atoms with van der Waals surface area (Å²) in [6.07, 6.45) is 4.12. The van der Waals surface area contributed by atoms with Gasteiger partial charge in [-0.1, -0.05) is 15.9 Å². The summed E-state index contributed by atoms with van der Waals surface area (Å²) in [6, 6.07) is 12.0. The highest BCUT2D eigenvalue weighted by Crippen LogP contribution is 2.25. The zero-order valence-corrected chi connectivity index (χ0v) is 15.8. The van der Waals surface area contributed by atoms with Crippen molar-refractivity contribution in [1.29, 1.82) is 0 Å². The minimum Gasteiger partial charge on any atom is -0.468 e. The molecule has 0 aliphatic carbocycles. The van der Waals surface area contributed by atoms with Crippen molar-refractivity contribution in [2.75, 3.05) is 25.4 Å². The molecule has 0 unspecified atom stereocenters. The van der Waals surface area contributed by atoms with E-state index in [1.165, 1.54) is 12.8 Å². The van der Waals surface area contributed by atoms with Gasteiger partial charge in [0.1, 0.15) is 5.76 Å². The maximum absolute atomic E-state index is 12.2. The van der Waals surface area contributed by atoms with E-state index in [1.54, 1.807) is 18.0 Å². The molecule has 2 heterocycles. The van der Waals surface area contributed by atoms with E-state index in [2.05, 4.69) is 26.1 Å². The average Bonchev–Trinajstić information content (AvgIpc) is 3.29. The molecule has 0 spiro atoms. The summed E-state index contributed by atoms with van der Waals surface area (Å²) in [5, 5.41) is 3.06. The third-order valence-corrected chi connectivity index (χ3v) is 5.67. The van der Waals surface area contributed by atoms with Gasteiger partial charge in [0.2, 0.25) is 5.91 Å². The van der Waals surface area contributed by atoms with Gasteiger partial charge in [0.15, 0.2) is 0 Å². The van der Waals surface area contributed by atoms with Crippen molar-refractivity contribution in [3.05, 3.63) is 52.9 Å². The Hall–Kier alpha value is -1.24. The predicted octanol–water partition coefficient (Wildman–Crippen LogP) is 4.09. The summed E-state index contributed by atoms with van der Waals surface area (Å²) >= 11 is 4.96. The van der Waals surface area contributed by atoms with Crippen molar-refractivity contribution < 1.29 is 9.21 Å². The van der Waals surface area contributed by atoms with Gasteiger partial charge in [-0.2, -0.15) is 0 Å². The van der Waals surface area contributed by atoms with Gasteiger partial charge in [0.25, 0.3) is 0 Å². The normalized spacial score (nSPS) is 16.2. The molecule has 1 saturated heterocycles. The molecule has 1 aromatic carbocycles. The highest BCUT2D eigenvalue weighted by atomic mass is 79.9. The minimum atomic E-state index is 0.0543. The van der Waals surface area contributed by atoms with E-state index in [0.29, 0.717) is 12.3 Å². The summed E-state index contributed by atoms with van der Waals surface area (Å²) in [7, 11) is 0. The molecule has 0 saturated carbocycles. The molecule has 0 bridgehead atoms. The van der Waals surface area contributed by atoms with Crippen molar-refractivity contribution in [2.45, 2.75) is 23.8 Å². The van der Waals surface area contributed by atoms with Gasteiger partial charge in [-0.25, -0.2) is 0 Å². The third-order valence-electron chi connectivity index (χ3n) is 4.13. The first-order chi connectivity index (χ1) is 11.7. The van der Waals surface area contributed by atoms with Crippen LogP contribution in [0, 0.1) is 0 Å². The zero-order valence-electron chi connectivity index (χ0n) is 13.4. The van der Waals surface area contributed by atoms with Crippen molar-refractivity contribution in [1.82, 2.24) is 10.2 Å². The van der Waals surface area contributed by atoms with Crippen molar-refractivity contribution in [3.8, 4) is 0 Å². The lowest BCUT2D eigenvalue weighted by Gasteiger charge is -2.25. The van der Waals surface area contributed by atoms with Gasteiger partial charge >= 0.3 is 0 Å². The molecule has 0 radical (unpaired) electrons. The number of nitrogens with zero attached hydrogens (tertiary/aromatic N) is 1. The van der Waals surface area contributed by atoms with Crippen LogP contribution >= 0.6 is 27.7 Å². The van der Waals surface area contributed by atoms with E-state index < -0.39 is 0 Å². The maximum Gasteiger partial charge on any atom is 0.230 e. The number of furan rings is 1. The SMILES string of the molecule is O=C(CSc1ccc(Br)cc1)NC[C@H](c1ccco1)N1CCCC1. The number of nitrogens with one attached hydrogen (secondary N) is 1. The fourth-order valence-corrected chi connectivity index (χ4v) is 3.88. The summed E-state index contributed by atoms with van der Waals surface area (Å²) in [5.74, 6) is 1.41. The van der Waals surface area contributed by atoms with E-state index in [9.17, 15) is 4.79 Å². The Morgan fingerprint density at radius 2 is 2.00 bits per heavy atom. The molecule has 1 amide bonds. The first kappa shape index (κ1) is 17.6. The molecular weight excluding hydrogens is 388 g/mol. The fraction of sp³-hybridized carbons (Fsp3) is 0.389. The molecule has 24 heavy (non-hydrogen) atoms. The molecule has 1 aromatic heterocycles. The van der Waals surface area contributed by atoms with Crippen LogP contribution in [-0.2, 0) is 4.79 Å². The standard InChI is InChI=1S/C18H21BrN2O2S/c19-14-5-7-15(8-6-14)24-13-18(22)20-12-16(17-4-3-11-23-17)21-9-1-2-10-21/h3-8,11,16H,1-2,9-10,12-13H2,(H,20,22)/t16-/m1/s1. The van der Waals surface area contributed by atoms with Crippen LogP contribution in [0.5, 0.6) is 0 Å². The number of likely N-dealkylation sites (tertiary alicyclic amines) is 1. The number of hydrogen-bond acceptors (Lipinski definition) is 4. The molecule has 1 atom stereocenters. The van der Waals surface area contributed by atoms with Crippen LogP contribution in [-0.4, -0.2) is 36.2 Å². The Kier molecular flexibility index (Phi) is 6.40. The summed E-state index contributed by atoms with van der Waals surface area (Å²) in [5.41, 5.74) is 0. The second-order valence-corrected chi connectivity index (χ2v) is 7.79. The van der Waals surface area contributed by atoms with E-state index in [0.717, 1.165) is 28.2 Å². The van der Waals surface area contributed by atoms with Crippen LogP contribution in [0.15, 0.2) is 56.4 Å². The van der Waals surface area contributed by atoms with Crippen molar-refractivity contribution in [3.63, 3.8) is 0 Å². The van der Waals surface area contributed by atoms with Gasteiger partial charge in [-0.3, -0.25) is 9.69 Å². The minimum absolute atomic E-state index is 0.0543. The smallest absolute Gasteiger partial charge is 0.230 e. The van der Waals surface area contributed by atoms with Gasteiger partial charge < -0.3 is 9.73 Å². The quantitative estimate of drug-likeness (QED) is 0.700. The molecule has 2 aromatic rings. The largest absolute Gasteiger partial charge is 0.468 e. The topological polar surface area (TPSA) is 45.5 Å². The molecule has 1 fully saturated rings. The number of halogens is 1. The van der Waals surface area contributed by atoms with Crippen LogP contribution in [0.3, 0.4) is 0 Å². The number of hydrogen-bond donors (Lipinski definition) is 1. The lowest BCUT2D eigenvalue weighted by atomic mass is 10.2. The Bertz CT molecular complexity index is 640. The molecule has 6 heteroatoms. The van der Waals surface area contributed by atoms with Gasteiger partial charge in [0.05, 0.1) is 18.1 Å². The summed E-state index contributed by atoms with van der Waals surface area (Å²) in [4.78, 5) is 15.7. The van der Waals surface area contributed by atoms with Crippen molar-refractivity contribution in [2.24, 2.45) is 0 Å². The van der Waals surface area contributed by atoms with Crippen LogP contribution < -0.4 is 5.32 Å². The van der Waals surface area contributed by atoms with Crippen LogP contribution in [0.4, 0.5) is 0 Å². The van der Waals surface area contributed by atoms with Crippen molar-refractivity contribution >= 4 is 33.6 Å². The second kappa shape index (κ2) is 8.74. The Morgan fingerprint density at radius 1 is 1.25 bits per heavy atom. The lowest BCUT2D eigenvalue weighted by Crippen LogP contribution is -2.37. The molecule has 1 aliphatic heterocycles. The first-order valence-corrected chi connectivity index (χ1v) is 9.93. The number of benzene rings is 1. The van der Waals surface area contributed by atoms with Gasteiger partial charge in [0, 0.05) is 15.9 Å². The number of carbonyl (C=O) groups excluding carboxylic acids is 1. The third kappa shape index (κ3) is 4.88.